The van der Waals surface area contributed by atoms with Crippen molar-refractivity contribution in [1.29, 1.82) is 0 Å². The first-order chi connectivity index (χ1) is 13.9. The molecule has 0 unspecified atom stereocenters. The highest BCUT2D eigenvalue weighted by atomic mass is 14.8. The average Bonchev–Trinajstić information content (AvgIpc) is 3.21. The van der Waals surface area contributed by atoms with E-state index in [4.69, 9.17) is 4.98 Å². The molecule has 134 valence electrons. The maximum absolute atomic E-state index is 5.29. The number of hydrogen-bond acceptors (Lipinski definition) is 1. The molecule has 6 rings (SSSR count). The van der Waals surface area contributed by atoms with Crippen LogP contribution in [0.1, 0.15) is 41.4 Å². The lowest BCUT2D eigenvalue weighted by molar-refractivity contribution is 0.744. The zero-order valence-electron chi connectivity index (χ0n) is 15.9. The minimum absolute atomic E-state index is 0.303. The van der Waals surface area contributed by atoms with Gasteiger partial charge in [0.05, 0.1) is 11.1 Å². The molecule has 3 aromatic carbocycles. The van der Waals surface area contributed by atoms with E-state index in [1.807, 2.05) is 0 Å². The van der Waals surface area contributed by atoms with Gasteiger partial charge in [0.1, 0.15) is 0 Å². The topological polar surface area (TPSA) is 12.9 Å². The third-order valence-corrected chi connectivity index (χ3v) is 6.39. The van der Waals surface area contributed by atoms with E-state index < -0.39 is 0 Å². The molecule has 0 N–H and O–H groups in total. The number of aromatic nitrogens is 1. The Morgan fingerprint density at radius 2 is 1.11 bits per heavy atom. The molecule has 1 heteroatoms. The van der Waals surface area contributed by atoms with Crippen molar-refractivity contribution in [2.45, 2.75) is 25.2 Å². The van der Waals surface area contributed by atoms with Gasteiger partial charge in [-0.1, -0.05) is 92.2 Å². The van der Waals surface area contributed by atoms with E-state index in [0.717, 1.165) is 12.8 Å². The van der Waals surface area contributed by atoms with E-state index in [1.54, 1.807) is 0 Å². The van der Waals surface area contributed by atoms with Crippen LogP contribution in [0.25, 0.3) is 22.3 Å². The zero-order valence-corrected chi connectivity index (χ0v) is 15.9. The summed E-state index contributed by atoms with van der Waals surface area (Å²) in [5, 5.41) is 0. The Kier molecular flexibility index (Phi) is 3.20. The molecule has 4 aromatic rings. The second-order valence-corrected chi connectivity index (χ2v) is 7.84. The summed E-state index contributed by atoms with van der Waals surface area (Å²) in [6.45, 7) is 2.22. The Morgan fingerprint density at radius 3 is 1.64 bits per heavy atom. The summed E-state index contributed by atoms with van der Waals surface area (Å²) in [5.74, 6) is 0. The quantitative estimate of drug-likeness (QED) is 0.350. The Bertz CT molecular complexity index is 1170. The molecule has 1 nitrogen and oxygen atoms in total. The second kappa shape index (κ2) is 5.65. The summed E-state index contributed by atoms with van der Waals surface area (Å²) in [6, 6.07) is 31.2. The Balaban J connectivity index is 1.80. The van der Waals surface area contributed by atoms with Gasteiger partial charge in [0.2, 0.25) is 0 Å². The first-order valence-electron chi connectivity index (χ1n) is 10.2. The largest absolute Gasteiger partial charge is 0.256 e. The Morgan fingerprint density at radius 1 is 0.607 bits per heavy atom. The van der Waals surface area contributed by atoms with Crippen LogP contribution in [0, 0.1) is 0 Å². The van der Waals surface area contributed by atoms with Gasteiger partial charge in [0.15, 0.2) is 0 Å². The minimum Gasteiger partial charge on any atom is -0.256 e. The molecule has 1 spiro atoms. The molecule has 0 radical (unpaired) electrons. The van der Waals surface area contributed by atoms with Crippen molar-refractivity contribution in [1.82, 2.24) is 4.98 Å². The third kappa shape index (κ3) is 1.79. The smallest absolute Gasteiger partial charge is 0.0898 e. The molecule has 0 saturated heterocycles. The standard InChI is InChI=1S/C27H21N/c1-2-9-18-16-17-22-21-12-5-8-15-25(21)27(26(22)28-18)23-13-6-3-10-19(23)20-11-4-7-14-24(20)27/h3-8,10-17H,2,9H2,1H3. The first kappa shape index (κ1) is 15.8. The fraction of sp³-hybridized carbons (Fsp3) is 0.148. The molecule has 1 heterocycles. The van der Waals surface area contributed by atoms with Crippen molar-refractivity contribution in [2.24, 2.45) is 0 Å². The average molecular weight is 359 g/mol. The van der Waals surface area contributed by atoms with Crippen molar-refractivity contribution in [3.05, 3.63) is 113 Å². The van der Waals surface area contributed by atoms with E-state index >= 15 is 0 Å². The van der Waals surface area contributed by atoms with E-state index in [-0.39, 0.29) is 5.41 Å². The fourth-order valence-electron chi connectivity index (χ4n) is 5.35. The minimum atomic E-state index is -0.303. The number of aryl methyl sites for hydroxylation is 1. The summed E-state index contributed by atoms with van der Waals surface area (Å²) in [4.78, 5) is 5.29. The first-order valence-corrected chi connectivity index (χ1v) is 10.2. The second-order valence-electron chi connectivity index (χ2n) is 7.84. The highest BCUT2D eigenvalue weighted by Crippen LogP contribution is 2.61. The van der Waals surface area contributed by atoms with Crippen LogP contribution >= 0.6 is 0 Å². The molecular formula is C27H21N. The predicted octanol–water partition coefficient (Wildman–Crippen LogP) is 6.38. The maximum atomic E-state index is 5.29. The highest BCUT2D eigenvalue weighted by Gasteiger charge is 2.52. The molecule has 0 bridgehead atoms. The van der Waals surface area contributed by atoms with Crippen LogP contribution in [-0.2, 0) is 11.8 Å². The van der Waals surface area contributed by atoms with Gasteiger partial charge in [-0.2, -0.15) is 0 Å². The lowest BCUT2D eigenvalue weighted by Crippen LogP contribution is -2.27. The van der Waals surface area contributed by atoms with Crippen molar-refractivity contribution >= 4 is 0 Å². The summed E-state index contributed by atoms with van der Waals surface area (Å²) in [6.07, 6.45) is 2.13. The number of pyridine rings is 1. The molecule has 0 aliphatic heterocycles. The highest BCUT2D eigenvalue weighted by molar-refractivity contribution is 5.93. The Hall–Kier alpha value is -3.19. The van der Waals surface area contributed by atoms with Crippen molar-refractivity contribution in [3.8, 4) is 22.3 Å². The third-order valence-electron chi connectivity index (χ3n) is 6.39. The summed E-state index contributed by atoms with van der Waals surface area (Å²) >= 11 is 0. The normalized spacial score (nSPS) is 14.5. The van der Waals surface area contributed by atoms with Gasteiger partial charge in [-0.15, -0.1) is 0 Å². The molecular weight excluding hydrogens is 338 g/mol. The van der Waals surface area contributed by atoms with Crippen LogP contribution in [0.4, 0.5) is 0 Å². The van der Waals surface area contributed by atoms with Gasteiger partial charge in [-0.25, -0.2) is 0 Å². The van der Waals surface area contributed by atoms with Crippen molar-refractivity contribution < 1.29 is 0 Å². The van der Waals surface area contributed by atoms with Crippen LogP contribution in [0.15, 0.2) is 84.9 Å². The number of fused-ring (bicyclic) bond motifs is 10. The number of benzene rings is 3. The predicted molar refractivity (Wildman–Crippen MR) is 115 cm³/mol. The molecule has 2 aliphatic rings. The van der Waals surface area contributed by atoms with Gasteiger partial charge in [-0.05, 0) is 45.9 Å². The van der Waals surface area contributed by atoms with Crippen LogP contribution in [-0.4, -0.2) is 4.98 Å². The fourth-order valence-corrected chi connectivity index (χ4v) is 5.35. The van der Waals surface area contributed by atoms with Crippen LogP contribution in [0.2, 0.25) is 0 Å². The molecule has 0 atom stereocenters. The summed E-state index contributed by atoms with van der Waals surface area (Å²) in [7, 11) is 0. The van der Waals surface area contributed by atoms with Gasteiger partial charge < -0.3 is 0 Å². The van der Waals surface area contributed by atoms with Crippen LogP contribution < -0.4 is 0 Å². The van der Waals surface area contributed by atoms with Gasteiger partial charge >= 0.3 is 0 Å². The summed E-state index contributed by atoms with van der Waals surface area (Å²) < 4.78 is 0. The van der Waals surface area contributed by atoms with Crippen LogP contribution in [0.5, 0.6) is 0 Å². The SMILES string of the molecule is CCCc1ccc2c(n1)C1(c3ccccc3-c3ccccc31)c1ccccc1-2. The molecule has 0 amide bonds. The van der Waals surface area contributed by atoms with Crippen molar-refractivity contribution in [3.63, 3.8) is 0 Å². The van der Waals surface area contributed by atoms with E-state index in [9.17, 15) is 0 Å². The van der Waals surface area contributed by atoms with Crippen molar-refractivity contribution in [2.75, 3.05) is 0 Å². The van der Waals surface area contributed by atoms with E-state index in [2.05, 4.69) is 91.9 Å². The van der Waals surface area contributed by atoms with Gasteiger partial charge in [0, 0.05) is 11.3 Å². The van der Waals surface area contributed by atoms with E-state index in [0.29, 0.717) is 0 Å². The molecule has 28 heavy (non-hydrogen) atoms. The number of nitrogens with zero attached hydrogens (tertiary/aromatic N) is 1. The number of hydrogen-bond donors (Lipinski definition) is 0. The monoisotopic (exact) mass is 359 g/mol. The Labute approximate surface area is 165 Å². The summed E-state index contributed by atoms with van der Waals surface area (Å²) in [5.41, 5.74) is 11.5. The maximum Gasteiger partial charge on any atom is 0.0898 e. The lowest BCUT2D eigenvalue weighted by Gasteiger charge is -2.29. The lowest BCUT2D eigenvalue weighted by atomic mass is 9.72. The molecule has 1 aromatic heterocycles. The molecule has 0 fully saturated rings. The van der Waals surface area contributed by atoms with Crippen LogP contribution in [0.3, 0.4) is 0 Å². The zero-order chi connectivity index (χ0) is 18.7. The van der Waals surface area contributed by atoms with Gasteiger partial charge in [-0.3, -0.25) is 4.98 Å². The number of rotatable bonds is 2. The molecule has 2 aliphatic carbocycles. The van der Waals surface area contributed by atoms with Gasteiger partial charge in [0.25, 0.3) is 0 Å². The molecule has 0 saturated carbocycles. The van der Waals surface area contributed by atoms with E-state index in [1.165, 1.54) is 50.3 Å².